The van der Waals surface area contributed by atoms with E-state index in [1.165, 1.54) is 0 Å². The van der Waals surface area contributed by atoms with E-state index in [0.717, 1.165) is 11.1 Å². The number of hydrogen-bond donors (Lipinski definition) is 2. The third-order valence-corrected chi connectivity index (χ3v) is 4.65. The molecule has 142 valence electrons. The lowest BCUT2D eigenvalue weighted by Crippen LogP contribution is -2.26. The van der Waals surface area contributed by atoms with Gasteiger partial charge in [-0.05, 0) is 29.7 Å². The van der Waals surface area contributed by atoms with Crippen molar-refractivity contribution >= 4 is 17.5 Å². The number of benzene rings is 3. The molecule has 2 amide bonds. The fourth-order valence-corrected chi connectivity index (χ4v) is 3.14. The maximum Gasteiger partial charge on any atom is 0.253 e. The van der Waals surface area contributed by atoms with E-state index in [9.17, 15) is 9.59 Å². The fraction of sp³-hybridized carbons (Fsp3) is 0.167. The van der Waals surface area contributed by atoms with Gasteiger partial charge in [0, 0.05) is 6.54 Å². The van der Waals surface area contributed by atoms with Crippen LogP contribution in [-0.2, 0) is 11.3 Å². The third-order valence-electron chi connectivity index (χ3n) is 4.65. The Labute approximate surface area is 165 Å². The molecule has 1 unspecified atom stereocenters. The number of rotatable bonds is 7. The van der Waals surface area contributed by atoms with E-state index in [-0.39, 0.29) is 17.7 Å². The van der Waals surface area contributed by atoms with E-state index in [1.54, 1.807) is 18.2 Å². The molecule has 3 rings (SSSR count). The smallest absolute Gasteiger partial charge is 0.253 e. The predicted octanol–water partition coefficient (Wildman–Crippen LogP) is 4.75. The summed E-state index contributed by atoms with van der Waals surface area (Å²) < 4.78 is 0. The second-order valence-corrected chi connectivity index (χ2v) is 6.57. The molecular formula is C24H24N2O2. The van der Waals surface area contributed by atoms with Gasteiger partial charge in [-0.1, -0.05) is 79.7 Å². The Kier molecular flexibility index (Phi) is 6.58. The van der Waals surface area contributed by atoms with E-state index < -0.39 is 0 Å². The second kappa shape index (κ2) is 9.51. The molecule has 1 atom stereocenters. The van der Waals surface area contributed by atoms with E-state index in [4.69, 9.17) is 0 Å². The molecule has 0 aliphatic rings. The van der Waals surface area contributed by atoms with Gasteiger partial charge in [-0.2, -0.15) is 0 Å². The van der Waals surface area contributed by atoms with Crippen LogP contribution in [0.3, 0.4) is 0 Å². The van der Waals surface area contributed by atoms with Crippen molar-refractivity contribution in [1.29, 1.82) is 0 Å². The van der Waals surface area contributed by atoms with Crippen LogP contribution >= 0.6 is 0 Å². The summed E-state index contributed by atoms with van der Waals surface area (Å²) in [5.74, 6) is -0.592. The van der Waals surface area contributed by atoms with Crippen LogP contribution in [-0.4, -0.2) is 11.8 Å². The van der Waals surface area contributed by atoms with Crippen molar-refractivity contribution in [2.24, 2.45) is 0 Å². The molecule has 3 aromatic carbocycles. The lowest BCUT2D eigenvalue weighted by Gasteiger charge is -2.17. The van der Waals surface area contributed by atoms with Crippen LogP contribution < -0.4 is 10.6 Å². The molecule has 0 bridgehead atoms. The van der Waals surface area contributed by atoms with Gasteiger partial charge in [-0.25, -0.2) is 0 Å². The Balaban J connectivity index is 1.72. The molecule has 0 heterocycles. The second-order valence-electron chi connectivity index (χ2n) is 6.57. The molecule has 0 aliphatic carbocycles. The van der Waals surface area contributed by atoms with Crippen molar-refractivity contribution in [2.45, 2.75) is 25.8 Å². The number of amides is 2. The van der Waals surface area contributed by atoms with Gasteiger partial charge in [-0.3, -0.25) is 9.59 Å². The molecule has 4 heteroatoms. The Hall–Kier alpha value is -3.40. The molecule has 28 heavy (non-hydrogen) atoms. The van der Waals surface area contributed by atoms with E-state index in [0.29, 0.717) is 24.2 Å². The fourth-order valence-electron chi connectivity index (χ4n) is 3.14. The van der Waals surface area contributed by atoms with Crippen LogP contribution in [0.15, 0.2) is 84.9 Å². The average Bonchev–Trinajstić information content (AvgIpc) is 2.74. The molecular weight excluding hydrogens is 348 g/mol. The third kappa shape index (κ3) is 4.86. The molecule has 0 saturated carbocycles. The van der Waals surface area contributed by atoms with Crippen LogP contribution in [0.5, 0.6) is 0 Å². The molecule has 0 aromatic heterocycles. The average molecular weight is 372 g/mol. The van der Waals surface area contributed by atoms with Crippen molar-refractivity contribution in [3.8, 4) is 0 Å². The monoisotopic (exact) mass is 372 g/mol. The number of carbonyl (C=O) groups excluding carboxylic acids is 2. The summed E-state index contributed by atoms with van der Waals surface area (Å²) in [4.78, 5) is 25.5. The molecule has 0 radical (unpaired) electrons. The summed E-state index contributed by atoms with van der Waals surface area (Å²) in [5, 5.41) is 5.85. The minimum Gasteiger partial charge on any atom is -0.348 e. The van der Waals surface area contributed by atoms with Crippen LogP contribution in [0.25, 0.3) is 0 Å². The van der Waals surface area contributed by atoms with Gasteiger partial charge in [0.05, 0.1) is 17.2 Å². The maximum absolute atomic E-state index is 12.9. The molecule has 0 saturated heterocycles. The highest BCUT2D eigenvalue weighted by atomic mass is 16.2. The quantitative estimate of drug-likeness (QED) is 0.629. The van der Waals surface area contributed by atoms with Crippen LogP contribution in [0, 0.1) is 0 Å². The number of para-hydroxylation sites is 1. The first-order chi connectivity index (χ1) is 13.7. The lowest BCUT2D eigenvalue weighted by molar-refractivity contribution is -0.117. The van der Waals surface area contributed by atoms with Crippen molar-refractivity contribution < 1.29 is 9.59 Å². The lowest BCUT2D eigenvalue weighted by atomic mass is 9.95. The number of carbonyl (C=O) groups is 2. The summed E-state index contributed by atoms with van der Waals surface area (Å²) in [6.07, 6.45) is 0.679. The highest BCUT2D eigenvalue weighted by Crippen LogP contribution is 2.23. The summed E-state index contributed by atoms with van der Waals surface area (Å²) in [6, 6.07) is 26.5. The Morgan fingerprint density at radius 2 is 1.43 bits per heavy atom. The predicted molar refractivity (Wildman–Crippen MR) is 112 cm³/mol. The van der Waals surface area contributed by atoms with Gasteiger partial charge in [0.15, 0.2) is 0 Å². The Bertz CT molecular complexity index is 924. The Morgan fingerprint density at radius 1 is 0.821 bits per heavy atom. The van der Waals surface area contributed by atoms with Gasteiger partial charge >= 0.3 is 0 Å². The zero-order chi connectivity index (χ0) is 19.8. The Morgan fingerprint density at radius 3 is 2.11 bits per heavy atom. The first kappa shape index (κ1) is 19.4. The topological polar surface area (TPSA) is 58.2 Å². The van der Waals surface area contributed by atoms with Crippen LogP contribution in [0.4, 0.5) is 5.69 Å². The number of hydrogen-bond acceptors (Lipinski definition) is 2. The van der Waals surface area contributed by atoms with Gasteiger partial charge in [0.1, 0.15) is 0 Å². The molecule has 0 aliphatic heterocycles. The largest absolute Gasteiger partial charge is 0.348 e. The van der Waals surface area contributed by atoms with Gasteiger partial charge in [0.25, 0.3) is 5.91 Å². The molecule has 4 nitrogen and oxygen atoms in total. The zero-order valence-corrected chi connectivity index (χ0v) is 15.9. The minimum atomic E-state index is -0.262. The first-order valence-corrected chi connectivity index (χ1v) is 9.46. The summed E-state index contributed by atoms with van der Waals surface area (Å²) >= 11 is 0. The van der Waals surface area contributed by atoms with Crippen LogP contribution in [0.2, 0.25) is 0 Å². The van der Waals surface area contributed by atoms with Crippen molar-refractivity contribution in [3.63, 3.8) is 0 Å². The maximum atomic E-state index is 12.9. The number of nitrogens with one attached hydrogen (secondary N) is 2. The highest BCUT2D eigenvalue weighted by molar-refractivity contribution is 6.05. The zero-order valence-electron chi connectivity index (χ0n) is 15.9. The van der Waals surface area contributed by atoms with Gasteiger partial charge < -0.3 is 10.6 Å². The molecule has 2 N–H and O–H groups in total. The SMILES string of the molecule is CCC(C(=O)Nc1ccccc1C(=O)NCc1ccccc1)c1ccccc1. The first-order valence-electron chi connectivity index (χ1n) is 9.46. The highest BCUT2D eigenvalue weighted by Gasteiger charge is 2.20. The van der Waals surface area contributed by atoms with Gasteiger partial charge in [-0.15, -0.1) is 0 Å². The summed E-state index contributed by atoms with van der Waals surface area (Å²) in [7, 11) is 0. The van der Waals surface area contributed by atoms with Crippen molar-refractivity contribution in [1.82, 2.24) is 5.32 Å². The van der Waals surface area contributed by atoms with Crippen molar-refractivity contribution in [3.05, 3.63) is 102 Å². The van der Waals surface area contributed by atoms with E-state index in [2.05, 4.69) is 10.6 Å². The molecule has 3 aromatic rings. The van der Waals surface area contributed by atoms with E-state index in [1.807, 2.05) is 73.7 Å². The minimum absolute atomic E-state index is 0.114. The van der Waals surface area contributed by atoms with Crippen LogP contribution in [0.1, 0.15) is 40.7 Å². The molecule has 0 fully saturated rings. The standard InChI is InChI=1S/C24H24N2O2/c1-2-20(19-13-7-4-8-14-19)24(28)26-22-16-10-9-15-21(22)23(27)25-17-18-11-5-3-6-12-18/h3-16,20H,2,17H2,1H3,(H,25,27)(H,26,28). The number of anilines is 1. The molecule has 0 spiro atoms. The van der Waals surface area contributed by atoms with Gasteiger partial charge in [0.2, 0.25) is 5.91 Å². The normalized spacial score (nSPS) is 11.5. The summed E-state index contributed by atoms with van der Waals surface area (Å²) in [5.41, 5.74) is 2.96. The van der Waals surface area contributed by atoms with Crippen molar-refractivity contribution in [2.75, 3.05) is 5.32 Å². The van der Waals surface area contributed by atoms with E-state index >= 15 is 0 Å². The summed E-state index contributed by atoms with van der Waals surface area (Å²) in [6.45, 7) is 2.42.